The van der Waals surface area contributed by atoms with Crippen molar-refractivity contribution >= 4 is 27.8 Å². The van der Waals surface area contributed by atoms with E-state index in [-0.39, 0.29) is 5.78 Å². The monoisotopic (exact) mass is 329 g/mol. The molecule has 0 unspecified atom stereocenters. The lowest BCUT2D eigenvalue weighted by molar-refractivity contribution is -0.113. The molecule has 0 bridgehead atoms. The first-order valence-electron chi connectivity index (χ1n) is 6.44. The van der Waals surface area contributed by atoms with E-state index in [1.807, 2.05) is 44.2 Å². The summed E-state index contributed by atoms with van der Waals surface area (Å²) < 4.78 is 1.05. The molecule has 20 heavy (non-hydrogen) atoms. The van der Waals surface area contributed by atoms with E-state index < -0.39 is 0 Å². The molecular weight excluding hydrogens is 314 g/mol. The van der Waals surface area contributed by atoms with Crippen LogP contribution in [0.25, 0.3) is 6.08 Å². The smallest absolute Gasteiger partial charge is 0.160 e. The molecule has 0 radical (unpaired) electrons. The number of pyridine rings is 1. The molecule has 1 aromatic carbocycles. The predicted molar refractivity (Wildman–Crippen MR) is 85.6 cm³/mol. The number of halogens is 1. The van der Waals surface area contributed by atoms with Gasteiger partial charge in [0.05, 0.1) is 5.69 Å². The fourth-order valence-electron chi connectivity index (χ4n) is 2.11. The van der Waals surface area contributed by atoms with E-state index in [9.17, 15) is 4.79 Å². The van der Waals surface area contributed by atoms with Gasteiger partial charge < -0.3 is 0 Å². The van der Waals surface area contributed by atoms with E-state index >= 15 is 0 Å². The molecule has 0 fully saturated rings. The number of nitrogens with zero attached hydrogens (tertiary/aromatic N) is 1. The fourth-order valence-corrected chi connectivity index (χ4v) is 2.79. The molecule has 2 aromatic rings. The Labute approximate surface area is 127 Å². The molecule has 0 atom stereocenters. The topological polar surface area (TPSA) is 30.0 Å². The minimum Gasteiger partial charge on any atom is -0.294 e. The third-order valence-electron chi connectivity index (χ3n) is 3.14. The summed E-state index contributed by atoms with van der Waals surface area (Å²) in [4.78, 5) is 16.2. The van der Waals surface area contributed by atoms with Crippen molar-refractivity contribution in [3.05, 3.63) is 69.5 Å². The summed E-state index contributed by atoms with van der Waals surface area (Å²) >= 11 is 3.47. The van der Waals surface area contributed by atoms with Gasteiger partial charge in [-0.25, -0.2) is 0 Å². The molecule has 1 heterocycles. The van der Waals surface area contributed by atoms with Crippen LogP contribution in [-0.2, 0) is 11.2 Å². The Morgan fingerprint density at radius 3 is 2.55 bits per heavy atom. The van der Waals surface area contributed by atoms with Gasteiger partial charge >= 0.3 is 0 Å². The summed E-state index contributed by atoms with van der Waals surface area (Å²) in [5.74, 6) is 0.0872. The highest BCUT2D eigenvalue weighted by Gasteiger charge is 2.07. The van der Waals surface area contributed by atoms with Gasteiger partial charge in [-0.3, -0.25) is 9.78 Å². The molecule has 0 aliphatic rings. The number of allylic oxidation sites excluding steroid dienone is 1. The van der Waals surface area contributed by atoms with Gasteiger partial charge in [0.1, 0.15) is 0 Å². The number of benzene rings is 1. The highest BCUT2D eigenvalue weighted by Crippen LogP contribution is 2.21. The highest BCUT2D eigenvalue weighted by molar-refractivity contribution is 9.10. The van der Waals surface area contributed by atoms with Gasteiger partial charge in [0.2, 0.25) is 0 Å². The standard InChI is InChI=1S/C17H16BrNO/c1-12-9-14(18)10-13(2)17(12)11-16(20)7-6-15-5-3-4-8-19-15/h3-10H,11H2,1-2H3/b7-6-. The zero-order valence-corrected chi connectivity index (χ0v) is 13.1. The first-order chi connectivity index (χ1) is 9.56. The molecule has 0 N–H and O–H groups in total. The van der Waals surface area contributed by atoms with Crippen molar-refractivity contribution in [1.29, 1.82) is 0 Å². The summed E-state index contributed by atoms with van der Waals surface area (Å²) in [6, 6.07) is 9.71. The zero-order chi connectivity index (χ0) is 14.5. The Hall–Kier alpha value is -1.74. The lowest BCUT2D eigenvalue weighted by Crippen LogP contribution is -2.03. The van der Waals surface area contributed by atoms with Crippen LogP contribution in [0.3, 0.4) is 0 Å². The molecule has 0 saturated heterocycles. The normalized spacial score (nSPS) is 10.9. The van der Waals surface area contributed by atoms with Crippen LogP contribution in [-0.4, -0.2) is 10.8 Å². The predicted octanol–water partition coefficient (Wildman–Crippen LogP) is 4.29. The summed E-state index contributed by atoms with van der Waals surface area (Å²) in [6.45, 7) is 4.06. The number of aryl methyl sites for hydroxylation is 2. The van der Waals surface area contributed by atoms with E-state index in [4.69, 9.17) is 0 Å². The maximum atomic E-state index is 12.0. The largest absolute Gasteiger partial charge is 0.294 e. The van der Waals surface area contributed by atoms with Crippen LogP contribution in [0.5, 0.6) is 0 Å². The number of aromatic nitrogens is 1. The quantitative estimate of drug-likeness (QED) is 0.783. The lowest BCUT2D eigenvalue weighted by atomic mass is 9.98. The second-order valence-corrected chi connectivity index (χ2v) is 5.66. The van der Waals surface area contributed by atoms with Crippen LogP contribution in [0.4, 0.5) is 0 Å². The Kier molecular flexibility index (Phi) is 4.85. The molecule has 2 nitrogen and oxygen atoms in total. The molecule has 0 spiro atoms. The molecule has 2 rings (SSSR count). The number of carbonyl (C=O) groups is 1. The van der Waals surface area contributed by atoms with E-state index in [1.54, 1.807) is 18.3 Å². The first-order valence-corrected chi connectivity index (χ1v) is 7.23. The maximum absolute atomic E-state index is 12.0. The third kappa shape index (κ3) is 3.87. The lowest BCUT2D eigenvalue weighted by Gasteiger charge is -2.08. The summed E-state index contributed by atoms with van der Waals surface area (Å²) in [6.07, 6.45) is 5.50. The van der Waals surface area contributed by atoms with Crippen molar-refractivity contribution in [3.8, 4) is 0 Å². The SMILES string of the molecule is Cc1cc(Br)cc(C)c1CC(=O)/C=C\c1ccccn1. The molecule has 1 aromatic heterocycles. The summed E-state index contributed by atoms with van der Waals surface area (Å²) in [5.41, 5.74) is 4.17. The molecule has 3 heteroatoms. The van der Waals surface area contributed by atoms with Crippen LogP contribution in [0.2, 0.25) is 0 Å². The van der Waals surface area contributed by atoms with Crippen molar-refractivity contribution in [2.45, 2.75) is 20.3 Å². The third-order valence-corrected chi connectivity index (χ3v) is 3.60. The molecule has 0 aliphatic heterocycles. The Bertz CT molecular complexity index is 624. The van der Waals surface area contributed by atoms with Gasteiger partial charge in [0, 0.05) is 17.1 Å². The van der Waals surface area contributed by atoms with Crippen molar-refractivity contribution in [3.63, 3.8) is 0 Å². The average molecular weight is 330 g/mol. The van der Waals surface area contributed by atoms with Gasteiger partial charge in [-0.1, -0.05) is 22.0 Å². The Balaban J connectivity index is 2.11. The number of hydrogen-bond donors (Lipinski definition) is 0. The van der Waals surface area contributed by atoms with Crippen LogP contribution in [0.1, 0.15) is 22.4 Å². The van der Waals surface area contributed by atoms with Crippen molar-refractivity contribution in [2.24, 2.45) is 0 Å². The Morgan fingerprint density at radius 2 is 1.95 bits per heavy atom. The highest BCUT2D eigenvalue weighted by atomic mass is 79.9. The van der Waals surface area contributed by atoms with Crippen molar-refractivity contribution in [2.75, 3.05) is 0 Å². The van der Waals surface area contributed by atoms with E-state index in [1.165, 1.54) is 0 Å². The molecular formula is C17H16BrNO. The molecule has 102 valence electrons. The van der Waals surface area contributed by atoms with E-state index in [0.29, 0.717) is 6.42 Å². The van der Waals surface area contributed by atoms with Crippen molar-refractivity contribution < 1.29 is 4.79 Å². The van der Waals surface area contributed by atoms with E-state index in [0.717, 1.165) is 26.9 Å². The van der Waals surface area contributed by atoms with Gasteiger partial charge in [-0.15, -0.1) is 0 Å². The average Bonchev–Trinajstić information content (AvgIpc) is 2.42. The van der Waals surface area contributed by atoms with Crippen LogP contribution in [0.15, 0.2) is 47.1 Å². The van der Waals surface area contributed by atoms with Crippen molar-refractivity contribution in [1.82, 2.24) is 4.98 Å². The summed E-state index contributed by atoms with van der Waals surface area (Å²) in [7, 11) is 0. The van der Waals surface area contributed by atoms with E-state index in [2.05, 4.69) is 20.9 Å². The fraction of sp³-hybridized carbons (Fsp3) is 0.176. The van der Waals surface area contributed by atoms with Crippen LogP contribution in [0, 0.1) is 13.8 Å². The second-order valence-electron chi connectivity index (χ2n) is 4.75. The van der Waals surface area contributed by atoms with Gasteiger partial charge in [-0.05, 0) is 67.0 Å². The Morgan fingerprint density at radius 1 is 1.25 bits per heavy atom. The number of hydrogen-bond acceptors (Lipinski definition) is 2. The van der Waals surface area contributed by atoms with Gasteiger partial charge in [-0.2, -0.15) is 0 Å². The number of ketones is 1. The number of carbonyl (C=O) groups excluding carboxylic acids is 1. The number of rotatable bonds is 4. The second kappa shape index (κ2) is 6.62. The van der Waals surface area contributed by atoms with Crippen LogP contribution >= 0.6 is 15.9 Å². The minimum atomic E-state index is 0.0872. The van der Waals surface area contributed by atoms with Gasteiger partial charge in [0.25, 0.3) is 0 Å². The molecule has 0 aliphatic carbocycles. The molecule has 0 amide bonds. The summed E-state index contributed by atoms with van der Waals surface area (Å²) in [5, 5.41) is 0. The zero-order valence-electron chi connectivity index (χ0n) is 11.6. The maximum Gasteiger partial charge on any atom is 0.160 e. The van der Waals surface area contributed by atoms with Gasteiger partial charge in [0.15, 0.2) is 5.78 Å². The first kappa shape index (κ1) is 14.7. The van der Waals surface area contributed by atoms with Crippen LogP contribution < -0.4 is 0 Å². The molecule has 0 saturated carbocycles. The minimum absolute atomic E-state index is 0.0872.